The number of hydroxylamine groups is 1. The van der Waals surface area contributed by atoms with Gasteiger partial charge in [0.1, 0.15) is 5.84 Å². The smallest absolute Gasteiger partial charge is 0.118 e. The fourth-order valence-corrected chi connectivity index (χ4v) is 1.27. The third-order valence-electron chi connectivity index (χ3n) is 2.23. The Morgan fingerprint density at radius 2 is 1.86 bits per heavy atom. The van der Waals surface area contributed by atoms with Gasteiger partial charge in [0.15, 0.2) is 0 Å². The van der Waals surface area contributed by atoms with E-state index in [-0.39, 0.29) is 5.84 Å². The molecule has 1 aromatic rings. The van der Waals surface area contributed by atoms with Crippen molar-refractivity contribution in [1.82, 2.24) is 5.48 Å². The predicted molar refractivity (Wildman–Crippen MR) is 56.8 cm³/mol. The maximum Gasteiger partial charge on any atom is 0.118 e. The number of hydrogen-bond donors (Lipinski definition) is 3. The van der Waals surface area contributed by atoms with Crippen LogP contribution in [0.2, 0.25) is 0 Å². The van der Waals surface area contributed by atoms with E-state index in [0.717, 1.165) is 12.8 Å². The highest BCUT2D eigenvalue weighted by Crippen LogP contribution is 2.07. The second kappa shape index (κ2) is 5.40. The third kappa shape index (κ3) is 3.18. The highest BCUT2D eigenvalue weighted by atomic mass is 16.5. The van der Waals surface area contributed by atoms with Gasteiger partial charge in [-0.25, -0.2) is 0 Å². The van der Waals surface area contributed by atoms with Gasteiger partial charge < -0.3 is 0 Å². The van der Waals surface area contributed by atoms with Crippen molar-refractivity contribution in [2.75, 3.05) is 0 Å². The number of nitrogens with one attached hydrogen (secondary N) is 2. The lowest BCUT2D eigenvalue weighted by Gasteiger charge is -2.03. The second-order valence-corrected chi connectivity index (χ2v) is 3.26. The lowest BCUT2D eigenvalue weighted by Crippen LogP contribution is -2.17. The number of hydrogen-bond acceptors (Lipinski definition) is 2. The molecular weight excluding hydrogens is 176 g/mol. The van der Waals surface area contributed by atoms with Crippen LogP contribution in [0.3, 0.4) is 0 Å². The summed E-state index contributed by atoms with van der Waals surface area (Å²) in [7, 11) is 0. The molecule has 3 heteroatoms. The molecule has 0 unspecified atom stereocenters. The lowest BCUT2D eigenvalue weighted by molar-refractivity contribution is 0.230. The Bertz CT molecular complexity index is 293. The van der Waals surface area contributed by atoms with Crippen LogP contribution in [0.5, 0.6) is 0 Å². The second-order valence-electron chi connectivity index (χ2n) is 3.26. The summed E-state index contributed by atoms with van der Waals surface area (Å²) in [6.45, 7) is 2.13. The van der Waals surface area contributed by atoms with E-state index in [4.69, 9.17) is 10.6 Å². The normalized spacial score (nSPS) is 9.86. The van der Waals surface area contributed by atoms with Crippen LogP contribution >= 0.6 is 0 Å². The summed E-state index contributed by atoms with van der Waals surface area (Å²) in [6.07, 6.45) is 2.38. The molecule has 0 amide bonds. The number of amidine groups is 1. The summed E-state index contributed by atoms with van der Waals surface area (Å²) < 4.78 is 0. The Kier molecular flexibility index (Phi) is 4.13. The van der Waals surface area contributed by atoms with Gasteiger partial charge in [-0.2, -0.15) is 0 Å². The van der Waals surface area contributed by atoms with Gasteiger partial charge in [-0.15, -0.1) is 0 Å². The molecule has 0 aliphatic carbocycles. The molecule has 0 atom stereocenters. The molecule has 3 nitrogen and oxygen atoms in total. The van der Waals surface area contributed by atoms with Gasteiger partial charge in [0.05, 0.1) is 0 Å². The van der Waals surface area contributed by atoms with E-state index in [1.165, 1.54) is 11.1 Å². The van der Waals surface area contributed by atoms with Crippen molar-refractivity contribution in [3.8, 4) is 0 Å². The highest BCUT2D eigenvalue weighted by Gasteiger charge is 1.97. The topological polar surface area (TPSA) is 56.1 Å². The maximum atomic E-state index is 8.42. The Morgan fingerprint density at radius 1 is 1.29 bits per heavy atom. The minimum absolute atomic E-state index is 0.157. The number of aryl methyl sites for hydroxylation is 2. The van der Waals surface area contributed by atoms with E-state index in [1.807, 2.05) is 5.48 Å². The molecule has 0 aromatic heterocycles. The average molecular weight is 192 g/mol. The largest absolute Gasteiger partial charge is 0.290 e. The first-order valence-corrected chi connectivity index (χ1v) is 4.81. The molecule has 0 aliphatic rings. The van der Waals surface area contributed by atoms with Crippen LogP contribution < -0.4 is 5.48 Å². The Labute approximate surface area is 84.2 Å². The fourth-order valence-electron chi connectivity index (χ4n) is 1.27. The van der Waals surface area contributed by atoms with Crippen LogP contribution in [0.25, 0.3) is 0 Å². The van der Waals surface area contributed by atoms with E-state index in [2.05, 4.69) is 31.2 Å². The molecule has 3 N–H and O–H groups in total. The van der Waals surface area contributed by atoms with Gasteiger partial charge in [-0.05, 0) is 24.0 Å². The monoisotopic (exact) mass is 192 g/mol. The van der Waals surface area contributed by atoms with Crippen molar-refractivity contribution >= 4 is 5.84 Å². The first-order chi connectivity index (χ1) is 6.76. The molecule has 0 heterocycles. The van der Waals surface area contributed by atoms with Gasteiger partial charge in [-0.3, -0.25) is 16.1 Å². The molecule has 0 spiro atoms. The number of rotatable bonds is 4. The van der Waals surface area contributed by atoms with Crippen LogP contribution in [0, 0.1) is 5.41 Å². The molecule has 0 fully saturated rings. The maximum absolute atomic E-state index is 8.42. The molecule has 0 saturated heterocycles. The zero-order valence-electron chi connectivity index (χ0n) is 8.38. The summed E-state index contributed by atoms with van der Waals surface area (Å²) in [4.78, 5) is 0. The van der Waals surface area contributed by atoms with Crippen molar-refractivity contribution in [2.24, 2.45) is 0 Å². The predicted octanol–water partition coefficient (Wildman–Crippen LogP) is 2.14. The molecule has 1 aromatic carbocycles. The summed E-state index contributed by atoms with van der Waals surface area (Å²) in [6, 6.07) is 8.35. The summed E-state index contributed by atoms with van der Waals surface area (Å²) in [5.41, 5.74) is 4.36. The fraction of sp³-hybridized carbons (Fsp3) is 0.364. The first kappa shape index (κ1) is 10.7. The molecule has 0 aliphatic heterocycles. The van der Waals surface area contributed by atoms with Crippen molar-refractivity contribution in [3.05, 3.63) is 35.4 Å². The summed E-state index contributed by atoms with van der Waals surface area (Å²) in [5, 5.41) is 15.6. The van der Waals surface area contributed by atoms with Crippen LogP contribution in [-0.4, -0.2) is 11.0 Å². The molecule has 76 valence electrons. The van der Waals surface area contributed by atoms with Gasteiger partial charge in [0, 0.05) is 6.42 Å². The first-order valence-electron chi connectivity index (χ1n) is 4.81. The van der Waals surface area contributed by atoms with Crippen molar-refractivity contribution in [3.63, 3.8) is 0 Å². The van der Waals surface area contributed by atoms with E-state index >= 15 is 0 Å². The van der Waals surface area contributed by atoms with Gasteiger partial charge >= 0.3 is 0 Å². The van der Waals surface area contributed by atoms with E-state index in [0.29, 0.717) is 6.42 Å². The Morgan fingerprint density at radius 3 is 2.36 bits per heavy atom. The van der Waals surface area contributed by atoms with Gasteiger partial charge in [0.25, 0.3) is 0 Å². The number of benzene rings is 1. The van der Waals surface area contributed by atoms with Gasteiger partial charge in [-0.1, -0.05) is 31.2 Å². The SMILES string of the molecule is CCc1ccc(CCC(=N)NO)cc1. The van der Waals surface area contributed by atoms with E-state index < -0.39 is 0 Å². The zero-order chi connectivity index (χ0) is 10.4. The molecule has 0 radical (unpaired) electrons. The lowest BCUT2D eigenvalue weighted by atomic mass is 10.1. The zero-order valence-corrected chi connectivity index (χ0v) is 8.38. The molecule has 14 heavy (non-hydrogen) atoms. The van der Waals surface area contributed by atoms with E-state index in [1.54, 1.807) is 0 Å². The Hall–Kier alpha value is -1.35. The van der Waals surface area contributed by atoms with Crippen LogP contribution in [0.1, 0.15) is 24.5 Å². The van der Waals surface area contributed by atoms with Crippen LogP contribution in [-0.2, 0) is 12.8 Å². The minimum Gasteiger partial charge on any atom is -0.290 e. The van der Waals surface area contributed by atoms with Gasteiger partial charge in [0.2, 0.25) is 0 Å². The standard InChI is InChI=1S/C11H16N2O/c1-2-9-3-5-10(6-4-9)7-8-11(12)13-14/h3-6,14H,2,7-8H2,1H3,(H2,12,13). The quantitative estimate of drug-likeness (QED) is 0.389. The molecule has 0 saturated carbocycles. The van der Waals surface area contributed by atoms with Crippen molar-refractivity contribution < 1.29 is 5.21 Å². The Balaban J connectivity index is 2.47. The molecule has 0 bridgehead atoms. The third-order valence-corrected chi connectivity index (χ3v) is 2.23. The van der Waals surface area contributed by atoms with Crippen LogP contribution in [0.15, 0.2) is 24.3 Å². The van der Waals surface area contributed by atoms with Crippen molar-refractivity contribution in [1.29, 1.82) is 5.41 Å². The summed E-state index contributed by atoms with van der Waals surface area (Å²) in [5.74, 6) is 0.157. The van der Waals surface area contributed by atoms with Crippen molar-refractivity contribution in [2.45, 2.75) is 26.2 Å². The van der Waals surface area contributed by atoms with E-state index in [9.17, 15) is 0 Å². The molecular formula is C11H16N2O. The summed E-state index contributed by atoms with van der Waals surface area (Å²) >= 11 is 0. The van der Waals surface area contributed by atoms with Crippen LogP contribution in [0.4, 0.5) is 0 Å². The molecule has 1 rings (SSSR count). The highest BCUT2D eigenvalue weighted by molar-refractivity contribution is 5.77. The average Bonchev–Trinajstić information content (AvgIpc) is 2.26. The minimum atomic E-state index is 0.157.